The molecule has 19 heavy (non-hydrogen) atoms. The molecular formula is C12H16N4O3. The summed E-state index contributed by atoms with van der Waals surface area (Å²) in [5.41, 5.74) is 6.77. The van der Waals surface area contributed by atoms with Gasteiger partial charge in [0.05, 0.1) is 16.3 Å². The van der Waals surface area contributed by atoms with Gasteiger partial charge in [-0.15, -0.1) is 0 Å². The second-order valence-electron chi connectivity index (χ2n) is 4.68. The zero-order valence-corrected chi connectivity index (χ0v) is 10.6. The molecule has 1 unspecified atom stereocenters. The number of hydrogen-bond donors (Lipinski definition) is 2. The SMILES string of the molecule is CN1CC(Nc2ccc([N+](=O)[O-])cc2N)CCC1=O. The maximum Gasteiger partial charge on any atom is 0.271 e. The number of nitrogens with zero attached hydrogens (tertiary/aromatic N) is 2. The Morgan fingerprint density at radius 2 is 2.26 bits per heavy atom. The first kappa shape index (κ1) is 13.1. The van der Waals surface area contributed by atoms with Crippen molar-refractivity contribution < 1.29 is 9.72 Å². The van der Waals surface area contributed by atoms with Gasteiger partial charge in [-0.2, -0.15) is 0 Å². The molecule has 1 aromatic rings. The summed E-state index contributed by atoms with van der Waals surface area (Å²) in [4.78, 5) is 23.2. The Hall–Kier alpha value is -2.31. The summed E-state index contributed by atoms with van der Waals surface area (Å²) in [6.07, 6.45) is 1.24. The summed E-state index contributed by atoms with van der Waals surface area (Å²) >= 11 is 0. The second kappa shape index (κ2) is 5.13. The maximum absolute atomic E-state index is 11.4. The molecule has 1 aliphatic heterocycles. The second-order valence-corrected chi connectivity index (χ2v) is 4.68. The molecule has 1 aromatic carbocycles. The number of nitrogen functional groups attached to an aromatic ring is 1. The van der Waals surface area contributed by atoms with E-state index in [-0.39, 0.29) is 17.6 Å². The molecule has 1 heterocycles. The summed E-state index contributed by atoms with van der Waals surface area (Å²) in [5, 5.41) is 13.8. The van der Waals surface area contributed by atoms with Gasteiger partial charge in [-0.25, -0.2) is 0 Å². The number of amides is 1. The molecule has 0 radical (unpaired) electrons. The van der Waals surface area contributed by atoms with Crippen LogP contribution in [-0.2, 0) is 4.79 Å². The predicted molar refractivity (Wildman–Crippen MR) is 71.8 cm³/mol. The first-order valence-electron chi connectivity index (χ1n) is 6.02. The van der Waals surface area contributed by atoms with Gasteiger partial charge >= 0.3 is 0 Å². The monoisotopic (exact) mass is 264 g/mol. The Morgan fingerprint density at radius 3 is 2.84 bits per heavy atom. The number of carbonyl (C=O) groups is 1. The highest BCUT2D eigenvalue weighted by atomic mass is 16.6. The van der Waals surface area contributed by atoms with Gasteiger partial charge in [0, 0.05) is 38.2 Å². The molecule has 0 aromatic heterocycles. The van der Waals surface area contributed by atoms with Crippen LogP contribution in [-0.4, -0.2) is 35.4 Å². The number of piperidine rings is 1. The summed E-state index contributed by atoms with van der Waals surface area (Å²) in [6, 6.07) is 4.46. The van der Waals surface area contributed by atoms with Gasteiger partial charge < -0.3 is 16.0 Å². The average molecular weight is 264 g/mol. The van der Waals surface area contributed by atoms with Gasteiger partial charge in [0.25, 0.3) is 5.69 Å². The van der Waals surface area contributed by atoms with E-state index in [1.165, 1.54) is 12.1 Å². The van der Waals surface area contributed by atoms with Crippen molar-refractivity contribution in [2.45, 2.75) is 18.9 Å². The quantitative estimate of drug-likeness (QED) is 0.485. The number of nitro benzene ring substituents is 1. The normalized spacial score (nSPS) is 19.3. The number of rotatable bonds is 3. The first-order chi connectivity index (χ1) is 8.97. The Kier molecular flexibility index (Phi) is 3.55. The minimum Gasteiger partial charge on any atom is -0.397 e. The topological polar surface area (TPSA) is 102 Å². The number of anilines is 2. The maximum atomic E-state index is 11.4. The van der Waals surface area contributed by atoms with Crippen LogP contribution in [0.5, 0.6) is 0 Å². The van der Waals surface area contributed by atoms with E-state index in [1.807, 2.05) is 0 Å². The number of nitrogens with one attached hydrogen (secondary N) is 1. The molecule has 0 bridgehead atoms. The van der Waals surface area contributed by atoms with Crippen molar-refractivity contribution in [1.29, 1.82) is 0 Å². The zero-order chi connectivity index (χ0) is 14.0. The Morgan fingerprint density at radius 1 is 1.53 bits per heavy atom. The minimum atomic E-state index is -0.479. The van der Waals surface area contributed by atoms with Crippen LogP contribution >= 0.6 is 0 Å². The number of nitro groups is 1. The van der Waals surface area contributed by atoms with E-state index >= 15 is 0 Å². The highest BCUT2D eigenvalue weighted by Crippen LogP contribution is 2.26. The van der Waals surface area contributed by atoms with Gasteiger partial charge in [-0.1, -0.05) is 0 Å². The lowest BCUT2D eigenvalue weighted by molar-refractivity contribution is -0.384. The molecule has 1 aliphatic rings. The van der Waals surface area contributed by atoms with E-state index in [0.717, 1.165) is 6.42 Å². The first-order valence-corrected chi connectivity index (χ1v) is 6.02. The molecule has 1 saturated heterocycles. The fourth-order valence-electron chi connectivity index (χ4n) is 2.15. The molecule has 1 atom stereocenters. The number of non-ortho nitro benzene ring substituents is 1. The number of likely N-dealkylation sites (tertiary alicyclic amines) is 1. The predicted octanol–water partition coefficient (Wildman–Crippen LogP) is 1.21. The fourth-order valence-corrected chi connectivity index (χ4v) is 2.15. The lowest BCUT2D eigenvalue weighted by Gasteiger charge is -2.31. The van der Waals surface area contributed by atoms with Crippen molar-refractivity contribution >= 4 is 23.0 Å². The van der Waals surface area contributed by atoms with Crippen molar-refractivity contribution in [3.8, 4) is 0 Å². The van der Waals surface area contributed by atoms with Crippen LogP contribution in [0.2, 0.25) is 0 Å². The van der Waals surface area contributed by atoms with E-state index in [4.69, 9.17) is 5.73 Å². The number of carbonyl (C=O) groups excluding carboxylic acids is 1. The lowest BCUT2D eigenvalue weighted by atomic mass is 10.1. The molecule has 102 valence electrons. The summed E-state index contributed by atoms with van der Waals surface area (Å²) < 4.78 is 0. The molecule has 0 saturated carbocycles. The van der Waals surface area contributed by atoms with E-state index in [0.29, 0.717) is 24.3 Å². The minimum absolute atomic E-state index is 0.0287. The van der Waals surface area contributed by atoms with Crippen molar-refractivity contribution in [1.82, 2.24) is 4.90 Å². The van der Waals surface area contributed by atoms with Crippen molar-refractivity contribution in [2.24, 2.45) is 0 Å². The molecule has 2 rings (SSSR count). The highest BCUT2D eigenvalue weighted by Gasteiger charge is 2.23. The molecule has 0 spiro atoms. The molecule has 3 N–H and O–H groups in total. The van der Waals surface area contributed by atoms with Crippen LogP contribution in [0.1, 0.15) is 12.8 Å². The third kappa shape index (κ3) is 2.93. The van der Waals surface area contributed by atoms with Gasteiger partial charge in [0.2, 0.25) is 5.91 Å². The lowest BCUT2D eigenvalue weighted by Crippen LogP contribution is -2.43. The molecule has 1 amide bonds. The highest BCUT2D eigenvalue weighted by molar-refractivity contribution is 5.77. The summed E-state index contributed by atoms with van der Waals surface area (Å²) in [7, 11) is 1.76. The molecular weight excluding hydrogens is 248 g/mol. The standard InChI is InChI=1S/C12H16N4O3/c1-15-7-8(2-5-12(15)17)14-11-4-3-9(16(18)19)6-10(11)13/h3-4,6,8,14H,2,5,7,13H2,1H3. The number of likely N-dealkylation sites (N-methyl/N-ethyl adjacent to an activating group) is 1. The van der Waals surface area contributed by atoms with Crippen LogP contribution in [0.4, 0.5) is 17.1 Å². The van der Waals surface area contributed by atoms with Crippen LogP contribution in [0, 0.1) is 10.1 Å². The Bertz CT molecular complexity index is 518. The van der Waals surface area contributed by atoms with Gasteiger partial charge in [0.1, 0.15) is 0 Å². The smallest absolute Gasteiger partial charge is 0.271 e. The van der Waals surface area contributed by atoms with E-state index < -0.39 is 4.92 Å². The number of benzene rings is 1. The third-order valence-electron chi connectivity index (χ3n) is 3.23. The van der Waals surface area contributed by atoms with Crippen LogP contribution in [0.3, 0.4) is 0 Å². The number of hydrogen-bond acceptors (Lipinski definition) is 5. The van der Waals surface area contributed by atoms with Crippen LogP contribution in [0.15, 0.2) is 18.2 Å². The molecule has 7 heteroatoms. The third-order valence-corrected chi connectivity index (χ3v) is 3.23. The van der Waals surface area contributed by atoms with Crippen molar-refractivity contribution in [3.63, 3.8) is 0 Å². The van der Waals surface area contributed by atoms with Gasteiger partial charge in [0.15, 0.2) is 0 Å². The van der Waals surface area contributed by atoms with Crippen molar-refractivity contribution in [3.05, 3.63) is 28.3 Å². The summed E-state index contributed by atoms with van der Waals surface area (Å²) in [5.74, 6) is 0.134. The fraction of sp³-hybridized carbons (Fsp3) is 0.417. The summed E-state index contributed by atoms with van der Waals surface area (Å²) in [6.45, 7) is 0.606. The van der Waals surface area contributed by atoms with Crippen LogP contribution in [0.25, 0.3) is 0 Å². The van der Waals surface area contributed by atoms with Gasteiger partial charge in [-0.05, 0) is 12.5 Å². The Balaban J connectivity index is 2.07. The van der Waals surface area contributed by atoms with E-state index in [1.54, 1.807) is 18.0 Å². The zero-order valence-electron chi connectivity index (χ0n) is 10.6. The molecule has 1 fully saturated rings. The largest absolute Gasteiger partial charge is 0.397 e. The van der Waals surface area contributed by atoms with E-state index in [9.17, 15) is 14.9 Å². The van der Waals surface area contributed by atoms with Gasteiger partial charge in [-0.3, -0.25) is 14.9 Å². The average Bonchev–Trinajstić information content (AvgIpc) is 2.36. The van der Waals surface area contributed by atoms with E-state index in [2.05, 4.69) is 5.32 Å². The Labute approximate surface area is 110 Å². The van der Waals surface area contributed by atoms with Crippen LogP contribution < -0.4 is 11.1 Å². The van der Waals surface area contributed by atoms with Crippen molar-refractivity contribution in [2.75, 3.05) is 24.6 Å². The molecule has 0 aliphatic carbocycles. The number of nitrogens with two attached hydrogens (primary N) is 1. The molecule has 7 nitrogen and oxygen atoms in total.